The van der Waals surface area contributed by atoms with Gasteiger partial charge in [-0.05, 0) is 50.9 Å². The molecule has 1 saturated heterocycles. The summed E-state index contributed by atoms with van der Waals surface area (Å²) in [7, 11) is 0. The highest BCUT2D eigenvalue weighted by atomic mass is 16.2. The van der Waals surface area contributed by atoms with Crippen LogP contribution in [0.2, 0.25) is 0 Å². The molecule has 2 aliphatic heterocycles. The number of fused-ring (bicyclic) bond motifs is 1. The molecule has 2 atom stereocenters. The zero-order valence-corrected chi connectivity index (χ0v) is 10.9. The van der Waals surface area contributed by atoms with E-state index in [9.17, 15) is 9.59 Å². The van der Waals surface area contributed by atoms with E-state index in [0.29, 0.717) is 17.2 Å². The Morgan fingerprint density at radius 1 is 1.42 bits per heavy atom. The average molecular weight is 259 g/mol. The molecule has 5 heteroatoms. The van der Waals surface area contributed by atoms with E-state index in [1.807, 2.05) is 6.92 Å². The second-order valence-electron chi connectivity index (χ2n) is 5.23. The van der Waals surface area contributed by atoms with Gasteiger partial charge in [0, 0.05) is 12.2 Å². The van der Waals surface area contributed by atoms with E-state index in [0.717, 1.165) is 25.9 Å². The van der Waals surface area contributed by atoms with Crippen LogP contribution in [0.25, 0.3) is 0 Å². The molecule has 0 bridgehead atoms. The Morgan fingerprint density at radius 3 is 2.95 bits per heavy atom. The molecule has 0 saturated carbocycles. The number of piperidine rings is 1. The first kappa shape index (κ1) is 12.3. The van der Waals surface area contributed by atoms with E-state index >= 15 is 0 Å². The van der Waals surface area contributed by atoms with Gasteiger partial charge in [-0.25, -0.2) is 0 Å². The van der Waals surface area contributed by atoms with Crippen molar-refractivity contribution in [2.24, 2.45) is 5.92 Å². The maximum atomic E-state index is 12.3. The highest BCUT2D eigenvalue weighted by Gasteiger charge is 2.41. The van der Waals surface area contributed by atoms with E-state index < -0.39 is 0 Å². The topological polar surface area (TPSA) is 62.3 Å². The van der Waals surface area contributed by atoms with Crippen molar-refractivity contribution in [3.05, 3.63) is 29.6 Å². The van der Waals surface area contributed by atoms with Crippen molar-refractivity contribution in [1.29, 1.82) is 0 Å². The average Bonchev–Trinajstić information content (AvgIpc) is 2.72. The third-order valence-electron chi connectivity index (χ3n) is 4.10. The first-order valence-electron chi connectivity index (χ1n) is 6.74. The SMILES string of the molecule is CC(C1CCCNC1)N1C(=O)c2cccnc2C1=O. The Labute approximate surface area is 112 Å². The van der Waals surface area contributed by atoms with Crippen LogP contribution in [0.1, 0.15) is 40.6 Å². The van der Waals surface area contributed by atoms with Gasteiger partial charge >= 0.3 is 0 Å². The lowest BCUT2D eigenvalue weighted by Crippen LogP contribution is -2.47. The maximum absolute atomic E-state index is 12.3. The molecule has 0 aliphatic carbocycles. The van der Waals surface area contributed by atoms with Gasteiger partial charge in [-0.2, -0.15) is 0 Å². The van der Waals surface area contributed by atoms with E-state index in [2.05, 4.69) is 10.3 Å². The minimum atomic E-state index is -0.251. The molecular weight excluding hydrogens is 242 g/mol. The van der Waals surface area contributed by atoms with Crippen LogP contribution < -0.4 is 5.32 Å². The van der Waals surface area contributed by atoms with Gasteiger partial charge in [0.2, 0.25) is 0 Å². The van der Waals surface area contributed by atoms with Gasteiger partial charge in [0.1, 0.15) is 5.69 Å². The highest BCUT2D eigenvalue weighted by molar-refractivity contribution is 6.20. The molecule has 5 nitrogen and oxygen atoms in total. The number of pyridine rings is 1. The lowest BCUT2D eigenvalue weighted by atomic mass is 9.92. The summed E-state index contributed by atoms with van der Waals surface area (Å²) in [6.07, 6.45) is 3.70. The van der Waals surface area contributed by atoms with E-state index in [4.69, 9.17) is 0 Å². The lowest BCUT2D eigenvalue weighted by molar-refractivity contribution is 0.0527. The number of hydrogen-bond donors (Lipinski definition) is 1. The summed E-state index contributed by atoms with van der Waals surface area (Å²) in [4.78, 5) is 30.1. The summed E-state index contributed by atoms with van der Waals surface area (Å²) < 4.78 is 0. The van der Waals surface area contributed by atoms with Crippen LogP contribution >= 0.6 is 0 Å². The fourth-order valence-electron chi connectivity index (χ4n) is 2.96. The van der Waals surface area contributed by atoms with Crippen LogP contribution in [-0.2, 0) is 0 Å². The summed E-state index contributed by atoms with van der Waals surface area (Å²) in [6.45, 7) is 3.84. The Kier molecular flexibility index (Phi) is 3.06. The number of rotatable bonds is 2. The van der Waals surface area contributed by atoms with Crippen molar-refractivity contribution in [1.82, 2.24) is 15.2 Å². The Hall–Kier alpha value is -1.75. The monoisotopic (exact) mass is 259 g/mol. The van der Waals surface area contributed by atoms with Crippen molar-refractivity contribution < 1.29 is 9.59 Å². The summed E-state index contributed by atoms with van der Waals surface area (Å²) in [6, 6.07) is 3.29. The molecule has 3 rings (SSSR count). The molecule has 0 aromatic carbocycles. The van der Waals surface area contributed by atoms with Gasteiger partial charge in [0.25, 0.3) is 11.8 Å². The molecule has 2 aliphatic rings. The quantitative estimate of drug-likeness (QED) is 0.807. The van der Waals surface area contributed by atoms with E-state index in [1.54, 1.807) is 18.3 Å². The van der Waals surface area contributed by atoms with Crippen molar-refractivity contribution in [2.45, 2.75) is 25.8 Å². The van der Waals surface area contributed by atoms with E-state index in [-0.39, 0.29) is 17.9 Å². The molecule has 3 heterocycles. The van der Waals surface area contributed by atoms with Crippen LogP contribution in [-0.4, -0.2) is 40.8 Å². The number of carbonyl (C=O) groups excluding carboxylic acids is 2. The van der Waals surface area contributed by atoms with Crippen molar-refractivity contribution in [3.8, 4) is 0 Å². The van der Waals surface area contributed by atoms with Gasteiger partial charge in [0.15, 0.2) is 0 Å². The van der Waals surface area contributed by atoms with Crippen LogP contribution in [0.5, 0.6) is 0 Å². The minimum absolute atomic E-state index is 0.0815. The van der Waals surface area contributed by atoms with Crippen molar-refractivity contribution in [3.63, 3.8) is 0 Å². The zero-order valence-electron chi connectivity index (χ0n) is 10.9. The summed E-state index contributed by atoms with van der Waals surface area (Å²) in [5.41, 5.74) is 0.728. The molecule has 1 fully saturated rings. The van der Waals surface area contributed by atoms with Crippen LogP contribution in [0.15, 0.2) is 18.3 Å². The molecule has 1 aromatic heterocycles. The van der Waals surface area contributed by atoms with Gasteiger partial charge in [-0.15, -0.1) is 0 Å². The smallest absolute Gasteiger partial charge is 0.280 e. The Morgan fingerprint density at radius 2 is 2.26 bits per heavy atom. The number of aromatic nitrogens is 1. The maximum Gasteiger partial charge on any atom is 0.280 e. The fourth-order valence-corrected chi connectivity index (χ4v) is 2.96. The molecule has 19 heavy (non-hydrogen) atoms. The lowest BCUT2D eigenvalue weighted by Gasteiger charge is -2.33. The Balaban J connectivity index is 1.87. The predicted molar refractivity (Wildman–Crippen MR) is 69.8 cm³/mol. The van der Waals surface area contributed by atoms with Gasteiger partial charge < -0.3 is 5.32 Å². The molecular formula is C14H17N3O2. The summed E-state index contributed by atoms with van der Waals surface area (Å²) in [5, 5.41) is 3.33. The standard InChI is InChI=1S/C14H17N3O2/c1-9(10-4-2-6-15-8-10)17-13(18)11-5-3-7-16-12(11)14(17)19/h3,5,7,9-10,15H,2,4,6,8H2,1H3. The first-order chi connectivity index (χ1) is 9.20. The van der Waals surface area contributed by atoms with Crippen LogP contribution in [0.3, 0.4) is 0 Å². The third-order valence-corrected chi connectivity index (χ3v) is 4.10. The zero-order chi connectivity index (χ0) is 13.4. The predicted octanol–water partition coefficient (Wildman–Crippen LogP) is 1.07. The minimum Gasteiger partial charge on any atom is -0.316 e. The third kappa shape index (κ3) is 1.94. The second-order valence-corrected chi connectivity index (χ2v) is 5.23. The number of amides is 2. The number of imide groups is 1. The summed E-state index contributed by atoms with van der Waals surface area (Å²) in [5.74, 6) is -0.124. The van der Waals surface area contributed by atoms with Crippen molar-refractivity contribution >= 4 is 11.8 Å². The van der Waals surface area contributed by atoms with Crippen molar-refractivity contribution in [2.75, 3.05) is 13.1 Å². The number of nitrogens with zero attached hydrogens (tertiary/aromatic N) is 2. The summed E-state index contributed by atoms with van der Waals surface area (Å²) >= 11 is 0. The Bertz CT molecular complexity index is 488. The molecule has 1 N–H and O–H groups in total. The second kappa shape index (κ2) is 4.74. The largest absolute Gasteiger partial charge is 0.316 e. The first-order valence-corrected chi connectivity index (χ1v) is 6.74. The normalized spacial score (nSPS) is 24.5. The molecule has 1 aromatic rings. The number of hydrogen-bond acceptors (Lipinski definition) is 4. The van der Waals surface area contributed by atoms with Gasteiger partial charge in [-0.3, -0.25) is 19.5 Å². The number of nitrogens with one attached hydrogen (secondary N) is 1. The van der Waals surface area contributed by atoms with E-state index in [1.165, 1.54) is 4.90 Å². The molecule has 0 spiro atoms. The van der Waals surface area contributed by atoms with Gasteiger partial charge in [-0.1, -0.05) is 0 Å². The molecule has 100 valence electrons. The molecule has 2 unspecified atom stereocenters. The fraction of sp³-hybridized carbons (Fsp3) is 0.500. The van der Waals surface area contributed by atoms with Gasteiger partial charge in [0.05, 0.1) is 5.56 Å². The van der Waals surface area contributed by atoms with Crippen LogP contribution in [0.4, 0.5) is 0 Å². The molecule has 0 radical (unpaired) electrons. The molecule has 2 amide bonds. The number of carbonyl (C=O) groups is 2. The van der Waals surface area contributed by atoms with Crippen LogP contribution in [0, 0.1) is 5.92 Å². The highest BCUT2D eigenvalue weighted by Crippen LogP contribution is 2.27.